The van der Waals surface area contributed by atoms with Gasteiger partial charge in [-0.3, -0.25) is 4.90 Å². The zero-order valence-corrected chi connectivity index (χ0v) is 16.7. The Labute approximate surface area is 169 Å². The second-order valence-corrected chi connectivity index (χ2v) is 7.83. The maximum atomic E-state index is 8.81. The first kappa shape index (κ1) is 18.7. The van der Waals surface area contributed by atoms with Gasteiger partial charge in [0.2, 0.25) is 0 Å². The van der Waals surface area contributed by atoms with Gasteiger partial charge < -0.3 is 9.64 Å². The number of aromatic nitrogens is 1. The Morgan fingerprint density at radius 3 is 2.57 bits per heavy atom. The maximum absolute atomic E-state index is 8.81. The van der Waals surface area contributed by atoms with Crippen molar-refractivity contribution in [3.63, 3.8) is 0 Å². The second kappa shape index (κ2) is 9.05. The molecule has 1 aliphatic heterocycles. The van der Waals surface area contributed by atoms with Gasteiger partial charge in [-0.05, 0) is 67.3 Å². The van der Waals surface area contributed by atoms with E-state index in [1.807, 2.05) is 12.1 Å². The van der Waals surface area contributed by atoms with E-state index in [9.17, 15) is 0 Å². The van der Waals surface area contributed by atoms with Crippen molar-refractivity contribution in [1.82, 2.24) is 9.27 Å². The number of ether oxygens (including phenoxy) is 1. The summed E-state index contributed by atoms with van der Waals surface area (Å²) in [5.74, 6) is 1.99. The normalized spacial score (nSPS) is 14.9. The standard InChI is InChI=1S/C22H24N4OS/c23-17-18-7-9-19(10-8-18)27-16-4-3-11-25-12-14-26(15-13-25)22-20-5-1-2-6-21(20)28-24-22/h1-2,5-10H,3-4,11-16H2. The van der Waals surface area contributed by atoms with Gasteiger partial charge in [-0.1, -0.05) is 12.1 Å². The summed E-state index contributed by atoms with van der Waals surface area (Å²) in [5.41, 5.74) is 0.664. The van der Waals surface area contributed by atoms with E-state index in [0.29, 0.717) is 5.56 Å². The van der Waals surface area contributed by atoms with Gasteiger partial charge in [-0.2, -0.15) is 9.64 Å². The third kappa shape index (κ3) is 4.44. The molecule has 0 spiro atoms. The Morgan fingerprint density at radius 1 is 1.00 bits per heavy atom. The number of benzene rings is 2. The lowest BCUT2D eigenvalue weighted by Gasteiger charge is -2.35. The van der Waals surface area contributed by atoms with E-state index in [-0.39, 0.29) is 0 Å². The number of hydrogen-bond acceptors (Lipinski definition) is 6. The highest BCUT2D eigenvalue weighted by atomic mass is 32.1. The molecule has 0 amide bonds. The first-order valence-electron chi connectivity index (χ1n) is 9.78. The summed E-state index contributed by atoms with van der Waals surface area (Å²) in [6, 6.07) is 17.9. The fourth-order valence-electron chi connectivity index (χ4n) is 3.54. The maximum Gasteiger partial charge on any atom is 0.150 e. The van der Waals surface area contributed by atoms with Crippen molar-refractivity contribution in [1.29, 1.82) is 5.26 Å². The van der Waals surface area contributed by atoms with Crippen LogP contribution in [-0.2, 0) is 0 Å². The summed E-state index contributed by atoms with van der Waals surface area (Å²) < 4.78 is 11.7. The van der Waals surface area contributed by atoms with Crippen LogP contribution in [0.25, 0.3) is 10.1 Å². The number of nitriles is 1. The van der Waals surface area contributed by atoms with Gasteiger partial charge in [-0.15, -0.1) is 0 Å². The van der Waals surface area contributed by atoms with Crippen LogP contribution in [0.3, 0.4) is 0 Å². The van der Waals surface area contributed by atoms with Gasteiger partial charge in [0.1, 0.15) is 11.6 Å². The average molecular weight is 393 g/mol. The summed E-state index contributed by atoms with van der Waals surface area (Å²) in [6.45, 7) is 6.08. The Bertz CT molecular complexity index is 939. The monoisotopic (exact) mass is 392 g/mol. The molecular weight excluding hydrogens is 368 g/mol. The van der Waals surface area contributed by atoms with Gasteiger partial charge in [-0.25, -0.2) is 0 Å². The average Bonchev–Trinajstić information content (AvgIpc) is 3.19. The third-order valence-corrected chi connectivity index (χ3v) is 5.97. The Hall–Kier alpha value is -2.62. The predicted molar refractivity (Wildman–Crippen MR) is 114 cm³/mol. The fraction of sp³-hybridized carbons (Fsp3) is 0.364. The summed E-state index contributed by atoms with van der Waals surface area (Å²) in [7, 11) is 0. The Balaban J connectivity index is 1.16. The lowest BCUT2D eigenvalue weighted by atomic mass is 10.2. The predicted octanol–water partition coefficient (Wildman–Crippen LogP) is 4.15. The molecule has 1 aromatic heterocycles. The molecule has 28 heavy (non-hydrogen) atoms. The van der Waals surface area contributed by atoms with Gasteiger partial charge >= 0.3 is 0 Å². The molecule has 2 heterocycles. The second-order valence-electron chi connectivity index (χ2n) is 7.02. The minimum atomic E-state index is 0.664. The molecule has 0 N–H and O–H groups in total. The third-order valence-electron chi connectivity index (χ3n) is 5.15. The number of fused-ring (bicyclic) bond motifs is 1. The van der Waals surface area contributed by atoms with E-state index in [1.165, 1.54) is 10.1 Å². The van der Waals surface area contributed by atoms with E-state index in [0.717, 1.165) is 63.7 Å². The van der Waals surface area contributed by atoms with Gasteiger partial charge in [0.15, 0.2) is 0 Å². The number of hydrogen-bond donors (Lipinski definition) is 0. The Morgan fingerprint density at radius 2 is 1.79 bits per heavy atom. The highest BCUT2D eigenvalue weighted by Gasteiger charge is 2.20. The van der Waals surface area contributed by atoms with Crippen LogP contribution in [0, 0.1) is 11.3 Å². The highest BCUT2D eigenvalue weighted by molar-refractivity contribution is 7.13. The molecule has 0 atom stereocenters. The molecule has 2 aromatic carbocycles. The van der Waals surface area contributed by atoms with Crippen molar-refractivity contribution in [2.45, 2.75) is 12.8 Å². The minimum absolute atomic E-state index is 0.664. The fourth-order valence-corrected chi connectivity index (χ4v) is 4.33. The Kier molecular flexibility index (Phi) is 6.05. The molecule has 6 heteroatoms. The zero-order valence-electron chi connectivity index (χ0n) is 15.9. The van der Waals surface area contributed by atoms with E-state index >= 15 is 0 Å². The van der Waals surface area contributed by atoms with Gasteiger partial charge in [0, 0.05) is 31.6 Å². The number of nitrogens with zero attached hydrogens (tertiary/aromatic N) is 4. The van der Waals surface area contributed by atoms with Crippen LogP contribution >= 0.6 is 11.5 Å². The van der Waals surface area contributed by atoms with Crippen molar-refractivity contribution >= 4 is 27.4 Å². The molecular formula is C22H24N4OS. The lowest BCUT2D eigenvalue weighted by Crippen LogP contribution is -2.46. The topological polar surface area (TPSA) is 52.4 Å². The number of piperazine rings is 1. The van der Waals surface area contributed by atoms with Crippen molar-refractivity contribution in [2.24, 2.45) is 0 Å². The van der Waals surface area contributed by atoms with E-state index in [2.05, 4.69) is 44.5 Å². The van der Waals surface area contributed by atoms with Crippen LogP contribution < -0.4 is 9.64 Å². The summed E-state index contributed by atoms with van der Waals surface area (Å²) in [4.78, 5) is 4.95. The van der Waals surface area contributed by atoms with Crippen LogP contribution in [0.2, 0.25) is 0 Å². The molecule has 4 rings (SSSR count). The van der Waals surface area contributed by atoms with E-state index in [4.69, 9.17) is 10.00 Å². The smallest absolute Gasteiger partial charge is 0.150 e. The molecule has 3 aromatic rings. The highest BCUT2D eigenvalue weighted by Crippen LogP contribution is 2.29. The van der Waals surface area contributed by atoms with Crippen molar-refractivity contribution < 1.29 is 4.74 Å². The van der Waals surface area contributed by atoms with Gasteiger partial charge in [0.25, 0.3) is 0 Å². The van der Waals surface area contributed by atoms with Crippen LogP contribution in [-0.4, -0.2) is 48.6 Å². The van der Waals surface area contributed by atoms with E-state index in [1.54, 1.807) is 23.7 Å². The molecule has 1 saturated heterocycles. The van der Waals surface area contributed by atoms with Crippen molar-refractivity contribution in [3.8, 4) is 11.8 Å². The first-order valence-corrected chi connectivity index (χ1v) is 10.6. The zero-order chi connectivity index (χ0) is 19.2. The van der Waals surface area contributed by atoms with Crippen LogP contribution in [0.5, 0.6) is 5.75 Å². The van der Waals surface area contributed by atoms with Crippen molar-refractivity contribution in [2.75, 3.05) is 44.2 Å². The van der Waals surface area contributed by atoms with Crippen LogP contribution in [0.4, 0.5) is 5.82 Å². The molecule has 0 aliphatic carbocycles. The molecule has 1 aliphatic rings. The summed E-state index contributed by atoms with van der Waals surface area (Å²) in [6.07, 6.45) is 2.17. The molecule has 144 valence electrons. The van der Waals surface area contributed by atoms with E-state index < -0.39 is 0 Å². The molecule has 5 nitrogen and oxygen atoms in total. The number of unbranched alkanes of at least 4 members (excludes halogenated alkanes) is 1. The molecule has 1 fully saturated rings. The molecule has 0 unspecified atom stereocenters. The quantitative estimate of drug-likeness (QED) is 0.566. The lowest BCUT2D eigenvalue weighted by molar-refractivity contribution is 0.238. The molecule has 0 radical (unpaired) electrons. The molecule has 0 saturated carbocycles. The van der Waals surface area contributed by atoms with Crippen molar-refractivity contribution in [3.05, 3.63) is 54.1 Å². The van der Waals surface area contributed by atoms with Gasteiger partial charge in [0.05, 0.1) is 22.9 Å². The number of anilines is 1. The summed E-state index contributed by atoms with van der Waals surface area (Å²) in [5, 5.41) is 10.1. The SMILES string of the molecule is N#Cc1ccc(OCCCCN2CCN(c3nsc4ccccc34)CC2)cc1. The number of rotatable bonds is 7. The minimum Gasteiger partial charge on any atom is -0.494 e. The van der Waals surface area contributed by atoms with Crippen LogP contribution in [0.15, 0.2) is 48.5 Å². The summed E-state index contributed by atoms with van der Waals surface area (Å²) >= 11 is 1.59. The largest absolute Gasteiger partial charge is 0.494 e. The first-order chi connectivity index (χ1) is 13.8. The van der Waals surface area contributed by atoms with Crippen LogP contribution in [0.1, 0.15) is 18.4 Å². The molecule has 0 bridgehead atoms.